The van der Waals surface area contributed by atoms with Gasteiger partial charge in [0.15, 0.2) is 5.78 Å². The molecule has 1 aliphatic heterocycles. The lowest BCUT2D eigenvalue weighted by Crippen LogP contribution is -2.48. The van der Waals surface area contributed by atoms with Crippen LogP contribution in [0.1, 0.15) is 18.4 Å². The molecule has 3 rings (SSSR count). The van der Waals surface area contributed by atoms with Crippen molar-refractivity contribution in [3.63, 3.8) is 0 Å². The number of hydrogen-bond donors (Lipinski definition) is 2. The van der Waals surface area contributed by atoms with Crippen molar-refractivity contribution in [3.05, 3.63) is 66.2 Å². The van der Waals surface area contributed by atoms with Crippen LogP contribution in [-0.2, 0) is 20.7 Å². The van der Waals surface area contributed by atoms with Gasteiger partial charge in [-0.25, -0.2) is 14.4 Å². The predicted octanol–water partition coefficient (Wildman–Crippen LogP) is 2.30. The number of carbonyl (C=O) groups excluding carboxylic acids is 4. The molecule has 2 amide bonds. The molecule has 33 heavy (non-hydrogen) atoms. The van der Waals surface area contributed by atoms with E-state index in [4.69, 9.17) is 9.47 Å². The molecular formula is C24H27N3O6. The number of ketones is 1. The largest absolute Gasteiger partial charge is 0.417 e. The third kappa shape index (κ3) is 7.43. The summed E-state index contributed by atoms with van der Waals surface area (Å²) in [6.07, 6.45) is -0.0806. The highest BCUT2D eigenvalue weighted by molar-refractivity contribution is 5.93. The summed E-state index contributed by atoms with van der Waals surface area (Å²) in [6.45, 7) is 0.335. The van der Waals surface area contributed by atoms with E-state index < -0.39 is 36.0 Å². The molecule has 1 unspecified atom stereocenters. The average Bonchev–Trinajstić information content (AvgIpc) is 3.35. The third-order valence-electron chi connectivity index (χ3n) is 5.15. The lowest BCUT2D eigenvalue weighted by atomic mass is 10.0. The first kappa shape index (κ1) is 23.9. The summed E-state index contributed by atoms with van der Waals surface area (Å²) in [5.41, 5.74) is 0.823. The van der Waals surface area contributed by atoms with Crippen molar-refractivity contribution in [3.8, 4) is 5.75 Å². The summed E-state index contributed by atoms with van der Waals surface area (Å²) in [7, 11) is 1.36. The van der Waals surface area contributed by atoms with Gasteiger partial charge in [0, 0.05) is 7.05 Å². The fourth-order valence-electron chi connectivity index (χ4n) is 3.39. The summed E-state index contributed by atoms with van der Waals surface area (Å²) in [5, 5.41) is 5.53. The van der Waals surface area contributed by atoms with Crippen molar-refractivity contribution in [2.24, 2.45) is 0 Å². The molecule has 2 aromatic carbocycles. The number of nitrogens with zero attached hydrogens (tertiary/aromatic N) is 1. The van der Waals surface area contributed by atoms with E-state index >= 15 is 0 Å². The summed E-state index contributed by atoms with van der Waals surface area (Å²) in [4.78, 5) is 50.7. The minimum atomic E-state index is -0.953. The van der Waals surface area contributed by atoms with E-state index in [1.54, 1.807) is 30.3 Å². The fraction of sp³-hybridized carbons (Fsp3) is 0.333. The van der Waals surface area contributed by atoms with Gasteiger partial charge in [-0.05, 0) is 43.5 Å². The van der Waals surface area contributed by atoms with Gasteiger partial charge in [-0.2, -0.15) is 0 Å². The summed E-state index contributed by atoms with van der Waals surface area (Å²) >= 11 is 0. The molecule has 0 saturated carbocycles. The van der Waals surface area contributed by atoms with Crippen LogP contribution in [0.2, 0.25) is 0 Å². The lowest BCUT2D eigenvalue weighted by Gasteiger charge is -2.21. The monoisotopic (exact) mass is 453 g/mol. The van der Waals surface area contributed by atoms with Crippen molar-refractivity contribution in [2.45, 2.75) is 31.3 Å². The number of likely N-dealkylation sites (N-methyl/N-ethyl adjacent to an activating group) is 1. The van der Waals surface area contributed by atoms with E-state index in [2.05, 4.69) is 10.6 Å². The SMILES string of the molecule is CN(CC(=O)C(Cc1ccccc1)NC(=O)Oc1ccccc1)C(=O)OC(=O)[C@@H]1CCCN1. The highest BCUT2D eigenvalue weighted by Gasteiger charge is 2.29. The Labute approximate surface area is 192 Å². The topological polar surface area (TPSA) is 114 Å². The van der Waals surface area contributed by atoms with E-state index in [1.807, 2.05) is 30.3 Å². The quantitative estimate of drug-likeness (QED) is 0.466. The predicted molar refractivity (Wildman–Crippen MR) is 120 cm³/mol. The number of carbonyl (C=O) groups is 4. The zero-order chi connectivity index (χ0) is 23.6. The minimum absolute atomic E-state index is 0.206. The molecule has 2 N–H and O–H groups in total. The number of benzene rings is 2. The van der Waals surface area contributed by atoms with E-state index in [0.29, 0.717) is 18.7 Å². The van der Waals surface area contributed by atoms with Gasteiger partial charge in [-0.3, -0.25) is 4.79 Å². The third-order valence-corrected chi connectivity index (χ3v) is 5.15. The van der Waals surface area contributed by atoms with Crippen molar-refractivity contribution >= 4 is 23.9 Å². The Hall–Kier alpha value is -3.72. The average molecular weight is 453 g/mol. The molecule has 1 saturated heterocycles. The lowest BCUT2D eigenvalue weighted by molar-refractivity contribution is -0.140. The first-order valence-corrected chi connectivity index (χ1v) is 10.7. The molecule has 1 fully saturated rings. The number of rotatable bonds is 8. The molecule has 1 aliphatic rings. The van der Waals surface area contributed by atoms with Gasteiger partial charge < -0.3 is 25.0 Å². The Kier molecular flexibility index (Phi) is 8.54. The highest BCUT2D eigenvalue weighted by atomic mass is 16.6. The smallest absolute Gasteiger partial charge is 0.410 e. The van der Waals surface area contributed by atoms with Crippen LogP contribution in [0.4, 0.5) is 9.59 Å². The molecule has 174 valence electrons. The molecule has 0 aliphatic carbocycles. The molecule has 0 spiro atoms. The molecule has 2 aromatic rings. The maximum Gasteiger partial charge on any atom is 0.417 e. The number of esters is 1. The van der Waals surface area contributed by atoms with E-state index in [9.17, 15) is 19.2 Å². The van der Waals surface area contributed by atoms with E-state index in [-0.39, 0.29) is 13.0 Å². The van der Waals surface area contributed by atoms with Crippen molar-refractivity contribution in [2.75, 3.05) is 20.1 Å². The number of hydrogen-bond acceptors (Lipinski definition) is 7. The Morgan fingerprint density at radius 3 is 2.36 bits per heavy atom. The van der Waals surface area contributed by atoms with Crippen LogP contribution in [0.3, 0.4) is 0 Å². The number of ether oxygens (including phenoxy) is 2. The van der Waals surface area contributed by atoms with Crippen LogP contribution in [0, 0.1) is 0 Å². The van der Waals surface area contributed by atoms with Gasteiger partial charge in [0.1, 0.15) is 11.8 Å². The van der Waals surface area contributed by atoms with Crippen LogP contribution < -0.4 is 15.4 Å². The Balaban J connectivity index is 1.61. The number of Topliss-reactive ketones (excluding diaryl/α,β-unsaturated/α-hetero) is 1. The molecule has 2 atom stereocenters. The minimum Gasteiger partial charge on any atom is -0.410 e. The van der Waals surface area contributed by atoms with Crippen molar-refractivity contribution < 1.29 is 28.7 Å². The van der Waals surface area contributed by atoms with Gasteiger partial charge in [-0.15, -0.1) is 0 Å². The maximum absolute atomic E-state index is 13.0. The first-order chi connectivity index (χ1) is 15.9. The molecule has 0 radical (unpaired) electrons. The summed E-state index contributed by atoms with van der Waals surface area (Å²) in [6, 6.07) is 16.1. The number of nitrogens with one attached hydrogen (secondary N) is 2. The van der Waals surface area contributed by atoms with Crippen LogP contribution >= 0.6 is 0 Å². The Bertz CT molecular complexity index is 961. The zero-order valence-electron chi connectivity index (χ0n) is 18.4. The van der Waals surface area contributed by atoms with Gasteiger partial charge in [0.2, 0.25) is 0 Å². The van der Waals surface area contributed by atoms with Crippen LogP contribution in [0.5, 0.6) is 5.75 Å². The van der Waals surface area contributed by atoms with Gasteiger partial charge in [0.05, 0.1) is 12.6 Å². The summed E-state index contributed by atoms with van der Waals surface area (Å²) < 4.78 is 10.1. The van der Waals surface area contributed by atoms with E-state index in [0.717, 1.165) is 16.9 Å². The second kappa shape index (κ2) is 11.8. The van der Waals surface area contributed by atoms with Crippen molar-refractivity contribution in [1.82, 2.24) is 15.5 Å². The molecule has 9 heteroatoms. The first-order valence-electron chi connectivity index (χ1n) is 10.7. The molecule has 0 bridgehead atoms. The second-order valence-electron chi connectivity index (χ2n) is 7.75. The van der Waals surface area contributed by atoms with Crippen LogP contribution in [0.15, 0.2) is 60.7 Å². The Morgan fingerprint density at radius 1 is 1.06 bits per heavy atom. The van der Waals surface area contributed by atoms with Gasteiger partial charge in [-0.1, -0.05) is 48.5 Å². The van der Waals surface area contributed by atoms with E-state index in [1.165, 1.54) is 7.05 Å². The second-order valence-corrected chi connectivity index (χ2v) is 7.75. The molecule has 9 nitrogen and oxygen atoms in total. The summed E-state index contributed by atoms with van der Waals surface area (Å²) in [5.74, 6) is -0.766. The van der Waals surface area contributed by atoms with Gasteiger partial charge >= 0.3 is 18.2 Å². The molecule has 0 aromatic heterocycles. The highest BCUT2D eigenvalue weighted by Crippen LogP contribution is 2.11. The fourth-order valence-corrected chi connectivity index (χ4v) is 3.39. The van der Waals surface area contributed by atoms with Crippen LogP contribution in [0.25, 0.3) is 0 Å². The number of amides is 2. The maximum atomic E-state index is 13.0. The standard InChI is InChI=1S/C24H27N3O6/c1-27(24(31)33-22(29)19-13-8-14-25-19)16-21(28)20(15-17-9-4-2-5-10-17)26-23(30)32-18-11-6-3-7-12-18/h2-7,9-12,19-20,25H,8,13-16H2,1H3,(H,26,30)/t19-,20?/m0/s1. The van der Waals surface area contributed by atoms with Crippen molar-refractivity contribution in [1.29, 1.82) is 0 Å². The van der Waals surface area contributed by atoms with Gasteiger partial charge in [0.25, 0.3) is 0 Å². The zero-order valence-corrected chi connectivity index (χ0v) is 18.4. The molecular weight excluding hydrogens is 426 g/mol. The molecule has 1 heterocycles. The Morgan fingerprint density at radius 2 is 1.73 bits per heavy atom. The number of para-hydroxylation sites is 1. The normalized spacial score (nSPS) is 15.8. The van der Waals surface area contributed by atoms with Crippen LogP contribution in [-0.4, -0.2) is 61.1 Å².